The molecule has 0 aliphatic rings. The fourth-order valence-corrected chi connectivity index (χ4v) is 1.53. The van der Waals surface area contributed by atoms with Crippen LogP contribution in [-0.2, 0) is 6.54 Å². The Hall–Kier alpha value is -1.38. The van der Waals surface area contributed by atoms with E-state index < -0.39 is 0 Å². The van der Waals surface area contributed by atoms with Crippen LogP contribution >= 0.6 is 0 Å². The summed E-state index contributed by atoms with van der Waals surface area (Å²) in [5.41, 5.74) is 0.887. The molecule has 0 atom stereocenters. The van der Waals surface area contributed by atoms with Gasteiger partial charge in [0.15, 0.2) is 0 Å². The molecule has 0 aliphatic carbocycles. The number of rotatable bonds is 3. The number of hydrogen-bond donors (Lipinski definition) is 0. The predicted octanol–water partition coefficient (Wildman–Crippen LogP) is 2.98. The Kier molecular flexibility index (Phi) is 2.48. The largest absolute Gasteiger partial charge is 0.265 e. The smallest absolute Gasteiger partial charge is 0.125 e. The first kappa shape index (κ1) is 9.19. The van der Waals surface area contributed by atoms with Crippen LogP contribution in [0, 0.1) is 5.82 Å². The van der Waals surface area contributed by atoms with Crippen LogP contribution in [-0.4, -0.2) is 9.78 Å². The maximum Gasteiger partial charge on any atom is 0.125 e. The second kappa shape index (κ2) is 3.78. The van der Waals surface area contributed by atoms with Crippen molar-refractivity contribution in [1.29, 1.82) is 0 Å². The molecule has 1 aromatic carbocycles. The SMILES string of the molecule is CCCCn1ncc2ccc(F)cc21. The average molecular weight is 192 g/mol. The summed E-state index contributed by atoms with van der Waals surface area (Å²) in [6.07, 6.45) is 3.98. The van der Waals surface area contributed by atoms with Crippen molar-refractivity contribution in [2.45, 2.75) is 26.3 Å². The number of fused-ring (bicyclic) bond motifs is 1. The average Bonchev–Trinajstić information content (AvgIpc) is 2.57. The lowest BCUT2D eigenvalue weighted by Gasteiger charge is -2.01. The van der Waals surface area contributed by atoms with E-state index in [0.717, 1.165) is 30.3 Å². The molecule has 0 saturated carbocycles. The first-order valence-electron chi connectivity index (χ1n) is 4.92. The van der Waals surface area contributed by atoms with Crippen molar-refractivity contribution in [3.8, 4) is 0 Å². The highest BCUT2D eigenvalue weighted by Gasteiger charge is 2.02. The molecule has 0 amide bonds. The minimum absolute atomic E-state index is 0.198. The Morgan fingerprint density at radius 1 is 1.43 bits per heavy atom. The van der Waals surface area contributed by atoms with Gasteiger partial charge in [-0.3, -0.25) is 4.68 Å². The summed E-state index contributed by atoms with van der Waals surface area (Å²) in [6.45, 7) is 3.00. The van der Waals surface area contributed by atoms with Gasteiger partial charge in [-0.25, -0.2) is 4.39 Å². The molecule has 0 N–H and O–H groups in total. The van der Waals surface area contributed by atoms with E-state index in [2.05, 4.69) is 12.0 Å². The number of unbranched alkanes of at least 4 members (excludes halogenated alkanes) is 1. The molecular weight excluding hydrogens is 179 g/mol. The third kappa shape index (κ3) is 1.62. The third-order valence-electron chi connectivity index (χ3n) is 2.33. The number of benzene rings is 1. The van der Waals surface area contributed by atoms with Crippen molar-refractivity contribution in [3.05, 3.63) is 30.2 Å². The second-order valence-electron chi connectivity index (χ2n) is 3.42. The van der Waals surface area contributed by atoms with Gasteiger partial charge in [0.05, 0.1) is 11.7 Å². The van der Waals surface area contributed by atoms with E-state index in [9.17, 15) is 4.39 Å². The molecule has 3 heteroatoms. The minimum Gasteiger partial charge on any atom is -0.265 e. The molecule has 74 valence electrons. The van der Waals surface area contributed by atoms with Gasteiger partial charge >= 0.3 is 0 Å². The van der Waals surface area contributed by atoms with Gasteiger partial charge in [-0.15, -0.1) is 0 Å². The Morgan fingerprint density at radius 3 is 3.07 bits per heavy atom. The molecule has 0 saturated heterocycles. The lowest BCUT2D eigenvalue weighted by molar-refractivity contribution is 0.584. The molecule has 0 fully saturated rings. The van der Waals surface area contributed by atoms with Crippen molar-refractivity contribution in [1.82, 2.24) is 9.78 Å². The van der Waals surface area contributed by atoms with Crippen molar-refractivity contribution >= 4 is 10.9 Å². The van der Waals surface area contributed by atoms with Gasteiger partial charge in [-0.2, -0.15) is 5.10 Å². The van der Waals surface area contributed by atoms with E-state index in [1.807, 2.05) is 4.68 Å². The van der Waals surface area contributed by atoms with Gasteiger partial charge in [-0.1, -0.05) is 13.3 Å². The molecule has 0 aliphatic heterocycles. The molecule has 2 nitrogen and oxygen atoms in total. The van der Waals surface area contributed by atoms with Crippen LogP contribution in [0.15, 0.2) is 24.4 Å². The van der Waals surface area contributed by atoms with E-state index in [4.69, 9.17) is 0 Å². The summed E-state index contributed by atoms with van der Waals surface area (Å²) in [6, 6.07) is 4.77. The van der Waals surface area contributed by atoms with Crippen LogP contribution in [0.5, 0.6) is 0 Å². The van der Waals surface area contributed by atoms with E-state index in [-0.39, 0.29) is 5.82 Å². The molecule has 0 radical (unpaired) electrons. The highest BCUT2D eigenvalue weighted by molar-refractivity contribution is 5.78. The summed E-state index contributed by atoms with van der Waals surface area (Å²) >= 11 is 0. The fourth-order valence-electron chi connectivity index (χ4n) is 1.53. The van der Waals surface area contributed by atoms with Crippen molar-refractivity contribution in [2.75, 3.05) is 0 Å². The van der Waals surface area contributed by atoms with Crippen molar-refractivity contribution in [3.63, 3.8) is 0 Å². The normalized spacial score (nSPS) is 11.0. The number of aryl methyl sites for hydroxylation is 1. The fraction of sp³-hybridized carbons (Fsp3) is 0.364. The summed E-state index contributed by atoms with van der Waals surface area (Å²) in [4.78, 5) is 0. The van der Waals surface area contributed by atoms with Crippen LogP contribution in [0.2, 0.25) is 0 Å². The quantitative estimate of drug-likeness (QED) is 0.731. The Balaban J connectivity index is 2.40. The Morgan fingerprint density at radius 2 is 2.29 bits per heavy atom. The van der Waals surface area contributed by atoms with Crippen LogP contribution in [0.1, 0.15) is 19.8 Å². The molecule has 0 spiro atoms. The zero-order valence-electron chi connectivity index (χ0n) is 8.20. The molecule has 1 heterocycles. The molecular formula is C11H13FN2. The standard InChI is InChI=1S/C11H13FN2/c1-2-3-6-14-11-7-10(12)5-4-9(11)8-13-14/h4-5,7-8H,2-3,6H2,1H3. The summed E-state index contributed by atoms with van der Waals surface area (Å²) in [5.74, 6) is -0.198. The van der Waals surface area contributed by atoms with E-state index in [1.165, 1.54) is 12.1 Å². The molecule has 2 aromatic rings. The van der Waals surface area contributed by atoms with Crippen LogP contribution < -0.4 is 0 Å². The highest BCUT2D eigenvalue weighted by atomic mass is 19.1. The van der Waals surface area contributed by atoms with Crippen LogP contribution in [0.3, 0.4) is 0 Å². The molecule has 1 aromatic heterocycles. The number of aromatic nitrogens is 2. The Bertz CT molecular complexity index is 434. The Labute approximate surface area is 82.3 Å². The van der Waals surface area contributed by atoms with E-state index in [0.29, 0.717) is 0 Å². The van der Waals surface area contributed by atoms with Gasteiger partial charge in [-0.05, 0) is 24.6 Å². The first-order chi connectivity index (χ1) is 6.81. The lowest BCUT2D eigenvalue weighted by Crippen LogP contribution is -1.99. The molecule has 0 unspecified atom stereocenters. The van der Waals surface area contributed by atoms with Crippen LogP contribution in [0.4, 0.5) is 4.39 Å². The minimum atomic E-state index is -0.198. The number of halogens is 1. The summed E-state index contributed by atoms with van der Waals surface area (Å²) < 4.78 is 14.8. The van der Waals surface area contributed by atoms with E-state index in [1.54, 1.807) is 12.3 Å². The van der Waals surface area contributed by atoms with Gasteiger partial charge < -0.3 is 0 Å². The molecule has 0 bridgehead atoms. The van der Waals surface area contributed by atoms with Gasteiger partial charge in [0.1, 0.15) is 5.82 Å². The first-order valence-corrected chi connectivity index (χ1v) is 4.92. The maximum atomic E-state index is 13.0. The summed E-state index contributed by atoms with van der Waals surface area (Å²) in [5, 5.41) is 5.23. The monoisotopic (exact) mass is 192 g/mol. The topological polar surface area (TPSA) is 17.8 Å². The van der Waals surface area contributed by atoms with Crippen molar-refractivity contribution in [2.24, 2.45) is 0 Å². The maximum absolute atomic E-state index is 13.0. The molecule has 2 rings (SSSR count). The van der Waals surface area contributed by atoms with Gasteiger partial charge in [0.25, 0.3) is 0 Å². The van der Waals surface area contributed by atoms with Crippen LogP contribution in [0.25, 0.3) is 10.9 Å². The van der Waals surface area contributed by atoms with Gasteiger partial charge in [0.2, 0.25) is 0 Å². The van der Waals surface area contributed by atoms with Crippen molar-refractivity contribution < 1.29 is 4.39 Å². The van der Waals surface area contributed by atoms with E-state index >= 15 is 0 Å². The molecule has 14 heavy (non-hydrogen) atoms. The summed E-state index contributed by atoms with van der Waals surface area (Å²) in [7, 11) is 0. The van der Waals surface area contributed by atoms with Gasteiger partial charge in [0, 0.05) is 11.9 Å². The second-order valence-corrected chi connectivity index (χ2v) is 3.42. The predicted molar refractivity (Wildman–Crippen MR) is 54.6 cm³/mol. The highest BCUT2D eigenvalue weighted by Crippen LogP contribution is 2.15. The number of nitrogens with zero attached hydrogens (tertiary/aromatic N) is 2. The lowest BCUT2D eigenvalue weighted by atomic mass is 10.2. The number of hydrogen-bond acceptors (Lipinski definition) is 1. The zero-order valence-corrected chi connectivity index (χ0v) is 8.20. The third-order valence-corrected chi connectivity index (χ3v) is 2.33. The zero-order chi connectivity index (χ0) is 9.97.